The van der Waals surface area contributed by atoms with Crippen LogP contribution in [0.25, 0.3) is 0 Å². The zero-order valence-corrected chi connectivity index (χ0v) is 25.3. The molecule has 26 heteroatoms. The van der Waals surface area contributed by atoms with E-state index in [2.05, 4.69) is 0 Å². The van der Waals surface area contributed by atoms with Gasteiger partial charge in [-0.05, 0) is 0 Å². The maximum Gasteiger partial charge on any atom is 4.00 e. The van der Waals surface area contributed by atoms with Crippen molar-refractivity contribution in [1.82, 2.24) is 0 Å². The van der Waals surface area contributed by atoms with E-state index in [0.29, 0.717) is 0 Å². The number of hydrogen-bond acceptors (Lipinski definition) is 16. The summed E-state index contributed by atoms with van der Waals surface area (Å²) in [7, 11) is -21.6. The molecule has 0 bridgehead atoms. The third-order valence-corrected chi connectivity index (χ3v) is 0. The molecular formula is O16P4Si3Zr3. The van der Waals surface area contributed by atoms with Gasteiger partial charge in [-0.3, -0.25) is 0 Å². The Bertz CT molecular complexity index is 305. The molecule has 0 saturated carbocycles. The van der Waals surface area contributed by atoms with Crippen molar-refractivity contribution in [3.05, 3.63) is 0 Å². The Hall–Kier alpha value is 3.74. The Morgan fingerprint density at radius 3 is 0.308 bits per heavy atom. The molecule has 0 aromatic carbocycles. The van der Waals surface area contributed by atoms with Gasteiger partial charge in [-0.2, -0.15) is 31.3 Å². The van der Waals surface area contributed by atoms with Gasteiger partial charge in [0.1, 0.15) is 0 Å². The van der Waals surface area contributed by atoms with Crippen LogP contribution >= 0.6 is 31.3 Å². The van der Waals surface area contributed by atoms with Crippen molar-refractivity contribution in [1.29, 1.82) is 0 Å². The molecule has 0 aliphatic heterocycles. The van der Waals surface area contributed by atoms with Gasteiger partial charge in [0, 0.05) is 32.9 Å². The second kappa shape index (κ2) is 28.7. The van der Waals surface area contributed by atoms with Crippen molar-refractivity contribution in [3.63, 3.8) is 0 Å². The standard InChI is InChI=1S/4H3O4P.3Si.3Zr/c4*1-5(2,3)4;;;;;;/h4*(H3,1,2,3,4);;;;;;/q;;;;;;;3*+4/p-12. The van der Waals surface area contributed by atoms with E-state index in [0.717, 1.165) is 0 Å². The predicted molar refractivity (Wildman–Crippen MR) is 47.7 cm³/mol. The van der Waals surface area contributed by atoms with Gasteiger partial charge in [-0.25, -0.2) is 0 Å². The molecule has 0 aromatic heterocycles. The molecule has 0 unspecified atom stereocenters. The molecule has 0 amide bonds. The minimum absolute atomic E-state index is 0. The van der Waals surface area contributed by atoms with E-state index in [1.165, 1.54) is 0 Å². The molecular weight excluding hydrogens is 738 g/mol. The molecule has 0 atom stereocenters. The van der Waals surface area contributed by atoms with Crippen LogP contribution in [-0.2, 0) is 96.9 Å². The Morgan fingerprint density at radius 2 is 0.308 bits per heavy atom. The van der Waals surface area contributed by atoms with Gasteiger partial charge < -0.3 is 77.0 Å². The second-order valence-electron chi connectivity index (χ2n) is 1.79. The molecule has 140 valence electrons. The van der Waals surface area contributed by atoms with Crippen LogP contribution in [0.4, 0.5) is 0 Å². The molecule has 0 fully saturated rings. The molecule has 0 saturated heterocycles. The smallest absolute Gasteiger partial charge is 0.822 e. The average molecular weight is 738 g/mol. The molecule has 0 aromatic rings. The van der Waals surface area contributed by atoms with E-state index < -0.39 is 31.3 Å². The summed E-state index contributed by atoms with van der Waals surface area (Å²) in [5.41, 5.74) is 0. The Morgan fingerprint density at radius 1 is 0.308 bits per heavy atom. The van der Waals surface area contributed by atoms with Crippen LogP contribution in [0.1, 0.15) is 0 Å². The first-order valence-corrected chi connectivity index (χ1v) is 8.76. The molecule has 0 N–H and O–H groups in total. The minimum atomic E-state index is -5.39. The fourth-order valence-corrected chi connectivity index (χ4v) is 0. The van der Waals surface area contributed by atoms with Crippen molar-refractivity contribution in [3.8, 4) is 0 Å². The van der Waals surface area contributed by atoms with Crippen LogP contribution in [0, 0.1) is 0 Å². The van der Waals surface area contributed by atoms with Crippen molar-refractivity contribution in [2.24, 2.45) is 0 Å². The van der Waals surface area contributed by atoms with Crippen LogP contribution < -0.4 is 58.7 Å². The summed E-state index contributed by atoms with van der Waals surface area (Å²) in [4.78, 5) is 103. The third-order valence-electron chi connectivity index (χ3n) is 0. The molecule has 0 rings (SSSR count). The zero-order valence-electron chi connectivity index (χ0n) is 11.3. The van der Waals surface area contributed by atoms with Crippen LogP contribution in [0.3, 0.4) is 0 Å². The summed E-state index contributed by atoms with van der Waals surface area (Å²) in [6.07, 6.45) is 0. The first-order chi connectivity index (χ1) is 8.00. The molecule has 0 spiro atoms. The summed E-state index contributed by atoms with van der Waals surface area (Å²) in [6.45, 7) is 0. The van der Waals surface area contributed by atoms with Gasteiger partial charge >= 0.3 is 78.6 Å². The molecule has 0 heterocycles. The Labute approximate surface area is 217 Å². The summed E-state index contributed by atoms with van der Waals surface area (Å²) < 4.78 is 34.2. The third kappa shape index (κ3) is 1420. The first kappa shape index (κ1) is 63.0. The topological polar surface area (TPSA) is 345 Å². The molecule has 26 heavy (non-hydrogen) atoms. The maximum absolute atomic E-state index is 8.55. The second-order valence-corrected chi connectivity index (χ2v) is 5.37. The maximum atomic E-state index is 8.55. The normalized spacial score (nSPS) is 9.08. The molecule has 12 radical (unpaired) electrons. The first-order valence-electron chi connectivity index (χ1n) is 2.92. The zero-order chi connectivity index (χ0) is 18.0. The number of hydrogen-bond donors (Lipinski definition) is 0. The Kier molecular flexibility index (Phi) is 69.7. The SMILES string of the molecule is O=P([O-])([O-])[O-].O=P([O-])([O-])[O-].O=P([O-])([O-])[O-].O=P([O-])([O-])[O-].[Si].[Si].[Si].[Zr+4].[Zr+4].[Zr+4]. The van der Waals surface area contributed by atoms with Crippen LogP contribution in [-0.4, -0.2) is 32.9 Å². The quantitative estimate of drug-likeness (QED) is 0.164. The van der Waals surface area contributed by atoms with Crippen LogP contribution in [0.2, 0.25) is 0 Å². The van der Waals surface area contributed by atoms with Gasteiger partial charge in [0.05, 0.1) is 0 Å². The van der Waals surface area contributed by atoms with Gasteiger partial charge in [0.25, 0.3) is 0 Å². The molecule has 16 nitrogen and oxygen atoms in total. The predicted octanol–water partition coefficient (Wildman–Crippen LogP) is -12.4. The van der Waals surface area contributed by atoms with E-state index in [9.17, 15) is 0 Å². The van der Waals surface area contributed by atoms with E-state index in [4.69, 9.17) is 77.0 Å². The van der Waals surface area contributed by atoms with Crippen LogP contribution in [0.5, 0.6) is 0 Å². The molecule has 0 aliphatic rings. The fraction of sp³-hybridized carbons (Fsp3) is 0. The minimum Gasteiger partial charge on any atom is -0.822 e. The number of phosphoric acid groups is 4. The van der Waals surface area contributed by atoms with Crippen molar-refractivity contribution >= 4 is 64.2 Å². The number of rotatable bonds is 0. The fourth-order valence-electron chi connectivity index (χ4n) is 0. The van der Waals surface area contributed by atoms with Crippen molar-refractivity contribution in [2.45, 2.75) is 0 Å². The van der Waals surface area contributed by atoms with Gasteiger partial charge in [0.15, 0.2) is 0 Å². The van der Waals surface area contributed by atoms with Crippen molar-refractivity contribution < 1.29 is 156 Å². The van der Waals surface area contributed by atoms with E-state index >= 15 is 0 Å². The summed E-state index contributed by atoms with van der Waals surface area (Å²) in [5, 5.41) is 0. The summed E-state index contributed by atoms with van der Waals surface area (Å²) in [6, 6.07) is 0. The van der Waals surface area contributed by atoms with E-state index in [1.807, 2.05) is 0 Å². The molecule has 0 aliphatic carbocycles. The summed E-state index contributed by atoms with van der Waals surface area (Å²) in [5.74, 6) is 0. The summed E-state index contributed by atoms with van der Waals surface area (Å²) >= 11 is 0. The van der Waals surface area contributed by atoms with Gasteiger partial charge in [-0.1, -0.05) is 0 Å². The largest absolute Gasteiger partial charge is 4.00 e. The van der Waals surface area contributed by atoms with Gasteiger partial charge in [0.2, 0.25) is 0 Å². The van der Waals surface area contributed by atoms with E-state index in [-0.39, 0.29) is 112 Å². The van der Waals surface area contributed by atoms with Crippen molar-refractivity contribution in [2.75, 3.05) is 0 Å². The van der Waals surface area contributed by atoms with Crippen LogP contribution in [0.15, 0.2) is 0 Å². The monoisotopic (exact) mass is 733 g/mol. The Balaban J connectivity index is -0.0000000152. The van der Waals surface area contributed by atoms with E-state index in [1.54, 1.807) is 0 Å². The van der Waals surface area contributed by atoms with Gasteiger partial charge in [-0.15, -0.1) is 0 Å². The average Bonchev–Trinajstić information content (AvgIpc) is 1.62.